The van der Waals surface area contributed by atoms with Crippen LogP contribution >= 0.6 is 0 Å². The summed E-state index contributed by atoms with van der Waals surface area (Å²) >= 11 is 0. The molecule has 1 aromatic carbocycles. The molecular weight excluding hydrogens is 322 g/mol. The lowest BCUT2D eigenvalue weighted by atomic mass is 10.3. The summed E-state index contributed by atoms with van der Waals surface area (Å²) in [6.45, 7) is 0.0266. The first-order chi connectivity index (χ1) is 12.0. The van der Waals surface area contributed by atoms with Crippen molar-refractivity contribution in [3.8, 4) is 5.75 Å². The molecule has 0 spiro atoms. The van der Waals surface area contributed by atoms with E-state index in [1.807, 2.05) is 0 Å². The SMILES string of the molecule is CN(C)C(=O)Oc1cccc(NCC(=O)N/N=C/c2ccncc2)c1. The minimum atomic E-state index is -0.472. The fourth-order valence-corrected chi connectivity index (χ4v) is 1.71. The smallest absolute Gasteiger partial charge is 0.410 e. The monoisotopic (exact) mass is 341 g/mol. The number of hydrogen-bond acceptors (Lipinski definition) is 6. The number of benzene rings is 1. The van der Waals surface area contributed by atoms with Gasteiger partial charge in [-0.15, -0.1) is 0 Å². The number of rotatable bonds is 6. The van der Waals surface area contributed by atoms with Gasteiger partial charge in [0.15, 0.2) is 0 Å². The van der Waals surface area contributed by atoms with E-state index in [0.717, 1.165) is 5.56 Å². The first kappa shape index (κ1) is 17.9. The van der Waals surface area contributed by atoms with Gasteiger partial charge in [-0.2, -0.15) is 5.10 Å². The topological polar surface area (TPSA) is 95.9 Å². The van der Waals surface area contributed by atoms with Crippen LogP contribution in [0.15, 0.2) is 53.9 Å². The van der Waals surface area contributed by atoms with Gasteiger partial charge in [0.2, 0.25) is 0 Å². The third-order valence-electron chi connectivity index (χ3n) is 2.97. The minimum Gasteiger partial charge on any atom is -0.410 e. The van der Waals surface area contributed by atoms with Gasteiger partial charge in [0.25, 0.3) is 5.91 Å². The first-order valence-corrected chi connectivity index (χ1v) is 7.49. The molecule has 0 saturated heterocycles. The fourth-order valence-electron chi connectivity index (χ4n) is 1.71. The highest BCUT2D eigenvalue weighted by Crippen LogP contribution is 2.17. The van der Waals surface area contributed by atoms with E-state index in [2.05, 4.69) is 20.8 Å². The molecule has 0 atom stereocenters. The summed E-state index contributed by atoms with van der Waals surface area (Å²) < 4.78 is 5.15. The second-order valence-electron chi connectivity index (χ2n) is 5.22. The van der Waals surface area contributed by atoms with Gasteiger partial charge >= 0.3 is 6.09 Å². The van der Waals surface area contributed by atoms with Gasteiger partial charge in [0.05, 0.1) is 12.8 Å². The third kappa shape index (κ3) is 6.30. The van der Waals surface area contributed by atoms with Crippen LogP contribution in [-0.2, 0) is 4.79 Å². The maximum atomic E-state index is 11.8. The lowest BCUT2D eigenvalue weighted by Gasteiger charge is -2.12. The van der Waals surface area contributed by atoms with Crippen LogP contribution in [0, 0.1) is 0 Å². The number of ether oxygens (including phenoxy) is 1. The number of pyridine rings is 1. The average molecular weight is 341 g/mol. The Morgan fingerprint density at radius 2 is 2.00 bits per heavy atom. The highest BCUT2D eigenvalue weighted by atomic mass is 16.6. The normalized spacial score (nSPS) is 10.3. The molecule has 130 valence electrons. The van der Waals surface area contributed by atoms with E-state index in [0.29, 0.717) is 11.4 Å². The van der Waals surface area contributed by atoms with Crippen molar-refractivity contribution >= 4 is 23.9 Å². The molecule has 1 aromatic heterocycles. The third-order valence-corrected chi connectivity index (χ3v) is 2.97. The van der Waals surface area contributed by atoms with Crippen molar-refractivity contribution in [2.24, 2.45) is 5.10 Å². The molecule has 0 unspecified atom stereocenters. The zero-order chi connectivity index (χ0) is 18.1. The molecule has 2 amide bonds. The Bertz CT molecular complexity index is 747. The minimum absolute atomic E-state index is 0.0266. The number of amides is 2. The van der Waals surface area contributed by atoms with Crippen LogP contribution in [0.1, 0.15) is 5.56 Å². The Kier molecular flexibility index (Phi) is 6.47. The number of carbonyl (C=O) groups is 2. The summed E-state index contributed by atoms with van der Waals surface area (Å²) in [4.78, 5) is 28.5. The second-order valence-corrected chi connectivity index (χ2v) is 5.22. The Morgan fingerprint density at radius 3 is 2.72 bits per heavy atom. The van der Waals surface area contributed by atoms with Crippen LogP contribution < -0.4 is 15.5 Å². The quantitative estimate of drug-likeness (QED) is 0.616. The zero-order valence-electron chi connectivity index (χ0n) is 14.0. The van der Waals surface area contributed by atoms with Crippen LogP contribution in [0.2, 0.25) is 0 Å². The first-order valence-electron chi connectivity index (χ1n) is 7.49. The van der Waals surface area contributed by atoms with Crippen LogP contribution in [-0.4, -0.2) is 48.7 Å². The van der Waals surface area contributed by atoms with Crippen molar-refractivity contribution in [3.63, 3.8) is 0 Å². The van der Waals surface area contributed by atoms with Gasteiger partial charge in [-0.3, -0.25) is 9.78 Å². The van der Waals surface area contributed by atoms with E-state index in [9.17, 15) is 9.59 Å². The molecule has 0 aliphatic heterocycles. The van der Waals surface area contributed by atoms with Crippen LogP contribution in [0.5, 0.6) is 5.75 Å². The molecule has 2 rings (SSSR count). The van der Waals surface area contributed by atoms with Crippen molar-refractivity contribution in [2.75, 3.05) is 26.0 Å². The van der Waals surface area contributed by atoms with E-state index in [-0.39, 0.29) is 12.5 Å². The molecule has 8 heteroatoms. The van der Waals surface area contributed by atoms with Gasteiger partial charge in [-0.25, -0.2) is 10.2 Å². The summed E-state index contributed by atoms with van der Waals surface area (Å²) in [5.74, 6) is 0.0841. The molecule has 0 saturated carbocycles. The predicted octanol–water partition coefficient (Wildman–Crippen LogP) is 1.70. The predicted molar refractivity (Wildman–Crippen MR) is 94.6 cm³/mol. The Morgan fingerprint density at radius 1 is 1.24 bits per heavy atom. The van der Waals surface area contributed by atoms with Crippen molar-refractivity contribution in [2.45, 2.75) is 0 Å². The van der Waals surface area contributed by atoms with Crippen molar-refractivity contribution < 1.29 is 14.3 Å². The van der Waals surface area contributed by atoms with Crippen molar-refractivity contribution in [1.29, 1.82) is 0 Å². The number of nitrogens with one attached hydrogen (secondary N) is 2. The maximum Gasteiger partial charge on any atom is 0.414 e. The Labute approximate surface area is 145 Å². The molecule has 0 fully saturated rings. The number of hydrogen-bond donors (Lipinski definition) is 2. The molecule has 8 nitrogen and oxygen atoms in total. The average Bonchev–Trinajstić information content (AvgIpc) is 2.61. The van der Waals surface area contributed by atoms with Crippen LogP contribution in [0.25, 0.3) is 0 Å². The van der Waals surface area contributed by atoms with E-state index in [1.54, 1.807) is 62.9 Å². The van der Waals surface area contributed by atoms with E-state index in [1.165, 1.54) is 11.1 Å². The number of aromatic nitrogens is 1. The fraction of sp³-hybridized carbons (Fsp3) is 0.176. The summed E-state index contributed by atoms with van der Waals surface area (Å²) in [6.07, 6.45) is 4.34. The zero-order valence-corrected chi connectivity index (χ0v) is 14.0. The highest BCUT2D eigenvalue weighted by Gasteiger charge is 2.07. The standard InChI is InChI=1S/C17H19N5O3/c1-22(2)17(24)25-15-5-3-4-14(10-15)19-12-16(23)21-20-11-13-6-8-18-9-7-13/h3-11,19H,12H2,1-2H3,(H,21,23)/b20-11+. The van der Waals surface area contributed by atoms with Gasteiger partial charge in [0, 0.05) is 38.2 Å². The van der Waals surface area contributed by atoms with Crippen LogP contribution in [0.3, 0.4) is 0 Å². The molecule has 0 bridgehead atoms. The van der Waals surface area contributed by atoms with E-state index in [4.69, 9.17) is 4.74 Å². The van der Waals surface area contributed by atoms with E-state index < -0.39 is 6.09 Å². The molecule has 25 heavy (non-hydrogen) atoms. The number of carbonyl (C=O) groups excluding carboxylic acids is 2. The van der Waals surface area contributed by atoms with Gasteiger partial charge in [-0.1, -0.05) is 6.07 Å². The molecule has 0 aliphatic rings. The number of anilines is 1. The van der Waals surface area contributed by atoms with Crippen molar-refractivity contribution in [1.82, 2.24) is 15.3 Å². The molecule has 2 N–H and O–H groups in total. The summed E-state index contributed by atoms with van der Waals surface area (Å²) in [5, 5.41) is 6.80. The lowest BCUT2D eigenvalue weighted by Crippen LogP contribution is -2.26. The molecular formula is C17H19N5O3. The van der Waals surface area contributed by atoms with Gasteiger partial charge in [-0.05, 0) is 29.8 Å². The summed E-state index contributed by atoms with van der Waals surface area (Å²) in [6, 6.07) is 10.3. The van der Waals surface area contributed by atoms with E-state index >= 15 is 0 Å². The Hall–Kier alpha value is -3.42. The molecule has 1 heterocycles. The molecule has 2 aromatic rings. The maximum absolute atomic E-state index is 11.8. The van der Waals surface area contributed by atoms with Gasteiger partial charge in [0.1, 0.15) is 5.75 Å². The molecule has 0 radical (unpaired) electrons. The van der Waals surface area contributed by atoms with Crippen LogP contribution in [0.4, 0.5) is 10.5 Å². The lowest BCUT2D eigenvalue weighted by molar-refractivity contribution is -0.119. The largest absolute Gasteiger partial charge is 0.414 e. The highest BCUT2D eigenvalue weighted by molar-refractivity contribution is 5.84. The number of nitrogens with zero attached hydrogens (tertiary/aromatic N) is 3. The number of hydrazone groups is 1. The van der Waals surface area contributed by atoms with Crippen molar-refractivity contribution in [3.05, 3.63) is 54.4 Å². The second kappa shape index (κ2) is 9.02. The summed E-state index contributed by atoms with van der Waals surface area (Å²) in [7, 11) is 3.20. The summed E-state index contributed by atoms with van der Waals surface area (Å²) in [5.41, 5.74) is 3.90. The van der Waals surface area contributed by atoms with Gasteiger partial charge < -0.3 is 15.0 Å². The Balaban J connectivity index is 1.81. The molecule has 0 aliphatic carbocycles.